The lowest BCUT2D eigenvalue weighted by Gasteiger charge is -2.48. The highest BCUT2D eigenvalue weighted by molar-refractivity contribution is 5.25. The Bertz CT molecular complexity index is 428. The van der Waals surface area contributed by atoms with Crippen molar-refractivity contribution in [3.8, 4) is 0 Å². The Kier molecular flexibility index (Phi) is 5.00. The van der Waals surface area contributed by atoms with Gasteiger partial charge in [0.25, 0.3) is 0 Å². The minimum absolute atomic E-state index is 0.0359. The maximum atomic E-state index is 3.93. The number of hydrogen-bond acceptors (Lipinski definition) is 2. The molecule has 0 aromatic heterocycles. The highest BCUT2D eigenvalue weighted by Gasteiger charge is 2.37. The summed E-state index contributed by atoms with van der Waals surface area (Å²) in [6.07, 6.45) is 3.26. The van der Waals surface area contributed by atoms with Gasteiger partial charge in [-0.1, -0.05) is 56.7 Å². The maximum absolute atomic E-state index is 3.93. The first kappa shape index (κ1) is 15.3. The van der Waals surface area contributed by atoms with Crippen LogP contribution in [0.15, 0.2) is 43.0 Å². The van der Waals surface area contributed by atoms with Gasteiger partial charge in [0.2, 0.25) is 0 Å². The fourth-order valence-electron chi connectivity index (χ4n) is 3.24. The zero-order valence-corrected chi connectivity index (χ0v) is 13.1. The van der Waals surface area contributed by atoms with Crippen molar-refractivity contribution < 1.29 is 0 Å². The lowest BCUT2D eigenvalue weighted by Crippen LogP contribution is -2.62. The van der Waals surface area contributed by atoms with E-state index in [1.807, 2.05) is 6.08 Å². The van der Waals surface area contributed by atoms with Crippen molar-refractivity contribution in [2.24, 2.45) is 5.92 Å². The highest BCUT2D eigenvalue weighted by atomic mass is 15.3. The van der Waals surface area contributed by atoms with E-state index in [-0.39, 0.29) is 5.54 Å². The number of benzene rings is 1. The van der Waals surface area contributed by atoms with E-state index in [0.29, 0.717) is 12.0 Å². The van der Waals surface area contributed by atoms with Gasteiger partial charge < -0.3 is 5.32 Å². The number of piperazine rings is 1. The molecule has 1 aliphatic heterocycles. The Morgan fingerprint density at radius 2 is 2.15 bits per heavy atom. The summed E-state index contributed by atoms with van der Waals surface area (Å²) in [5.41, 5.74) is 1.41. The minimum Gasteiger partial charge on any atom is -0.305 e. The Hall–Kier alpha value is -1.12. The van der Waals surface area contributed by atoms with Crippen LogP contribution in [0.5, 0.6) is 0 Å². The second-order valence-corrected chi connectivity index (χ2v) is 6.25. The molecule has 1 heterocycles. The largest absolute Gasteiger partial charge is 0.305 e. The predicted molar refractivity (Wildman–Crippen MR) is 86.8 cm³/mol. The normalized spacial score (nSPS) is 29.1. The van der Waals surface area contributed by atoms with Crippen molar-refractivity contribution in [2.45, 2.75) is 38.8 Å². The molecule has 3 unspecified atom stereocenters. The molecular weight excluding hydrogens is 244 g/mol. The van der Waals surface area contributed by atoms with Gasteiger partial charge in [-0.25, -0.2) is 0 Å². The van der Waals surface area contributed by atoms with Crippen molar-refractivity contribution in [3.63, 3.8) is 0 Å². The molecule has 1 aromatic carbocycles. The molecule has 2 nitrogen and oxygen atoms in total. The molecule has 0 bridgehead atoms. The van der Waals surface area contributed by atoms with Crippen molar-refractivity contribution in [1.82, 2.24) is 10.2 Å². The second kappa shape index (κ2) is 6.55. The van der Waals surface area contributed by atoms with E-state index >= 15 is 0 Å². The van der Waals surface area contributed by atoms with Crippen LogP contribution in [0.4, 0.5) is 0 Å². The molecule has 0 radical (unpaired) electrons. The van der Waals surface area contributed by atoms with E-state index in [9.17, 15) is 0 Å². The zero-order valence-electron chi connectivity index (χ0n) is 13.1. The van der Waals surface area contributed by atoms with Crippen molar-refractivity contribution >= 4 is 0 Å². The molecule has 2 heteroatoms. The third-order valence-electron chi connectivity index (χ3n) is 4.77. The summed E-state index contributed by atoms with van der Waals surface area (Å²) in [7, 11) is 0. The van der Waals surface area contributed by atoms with Crippen molar-refractivity contribution in [2.75, 3.05) is 19.6 Å². The van der Waals surface area contributed by atoms with Crippen LogP contribution in [-0.4, -0.2) is 30.6 Å². The summed E-state index contributed by atoms with van der Waals surface area (Å²) >= 11 is 0. The SMILES string of the molecule is C=CCN1CC(C)(c2ccccc2)NCC1C(C)CC. The fraction of sp³-hybridized carbons (Fsp3) is 0.556. The van der Waals surface area contributed by atoms with E-state index in [4.69, 9.17) is 0 Å². The minimum atomic E-state index is 0.0359. The molecule has 0 spiro atoms. The van der Waals surface area contributed by atoms with Gasteiger partial charge in [0.15, 0.2) is 0 Å². The number of nitrogens with one attached hydrogen (secondary N) is 1. The maximum Gasteiger partial charge on any atom is 0.0535 e. The first-order valence-electron chi connectivity index (χ1n) is 7.76. The van der Waals surface area contributed by atoms with Crippen LogP contribution in [-0.2, 0) is 5.54 Å². The summed E-state index contributed by atoms with van der Waals surface area (Å²) in [4.78, 5) is 2.59. The molecule has 20 heavy (non-hydrogen) atoms. The van der Waals surface area contributed by atoms with E-state index in [1.54, 1.807) is 0 Å². The van der Waals surface area contributed by atoms with Gasteiger partial charge in [0.1, 0.15) is 0 Å². The molecule has 1 saturated heterocycles. The van der Waals surface area contributed by atoms with Crippen LogP contribution in [0.25, 0.3) is 0 Å². The summed E-state index contributed by atoms with van der Waals surface area (Å²) in [5, 5.41) is 3.79. The first-order chi connectivity index (χ1) is 9.60. The standard InChI is InChI=1S/C18H28N2/c1-5-12-20-14-18(4,16-10-8-7-9-11-16)19-13-17(20)15(3)6-2/h5,7-11,15,17,19H,1,6,12-14H2,2-4H3. The molecule has 1 aromatic rings. The van der Waals surface area contributed by atoms with Gasteiger partial charge in [-0.2, -0.15) is 0 Å². The smallest absolute Gasteiger partial charge is 0.0535 e. The van der Waals surface area contributed by atoms with Crippen molar-refractivity contribution in [3.05, 3.63) is 48.6 Å². The molecule has 0 saturated carbocycles. The molecule has 1 fully saturated rings. The van der Waals surface area contributed by atoms with E-state index in [2.05, 4.69) is 67.9 Å². The van der Waals surface area contributed by atoms with Crippen LogP contribution in [0.2, 0.25) is 0 Å². The van der Waals surface area contributed by atoms with Gasteiger partial charge >= 0.3 is 0 Å². The molecule has 110 valence electrons. The van der Waals surface area contributed by atoms with Gasteiger partial charge in [-0.05, 0) is 18.4 Å². The van der Waals surface area contributed by atoms with Crippen LogP contribution < -0.4 is 5.32 Å². The molecule has 1 N–H and O–H groups in total. The Labute approximate surface area is 123 Å². The molecule has 1 aliphatic rings. The zero-order chi connectivity index (χ0) is 14.6. The lowest BCUT2D eigenvalue weighted by atomic mass is 9.85. The van der Waals surface area contributed by atoms with Gasteiger partial charge in [-0.15, -0.1) is 6.58 Å². The van der Waals surface area contributed by atoms with E-state index < -0.39 is 0 Å². The van der Waals surface area contributed by atoms with Crippen LogP contribution >= 0.6 is 0 Å². The summed E-state index contributed by atoms with van der Waals surface area (Å²) < 4.78 is 0. The second-order valence-electron chi connectivity index (χ2n) is 6.25. The molecule has 3 atom stereocenters. The van der Waals surface area contributed by atoms with Gasteiger partial charge in [-0.3, -0.25) is 4.90 Å². The van der Waals surface area contributed by atoms with Crippen LogP contribution in [0.3, 0.4) is 0 Å². The number of nitrogens with zero attached hydrogens (tertiary/aromatic N) is 1. The molecular formula is C18H28N2. The summed E-state index contributed by atoms with van der Waals surface area (Å²) in [5.74, 6) is 0.711. The van der Waals surface area contributed by atoms with Gasteiger partial charge in [0, 0.05) is 25.7 Å². The topological polar surface area (TPSA) is 15.3 Å². The Morgan fingerprint density at radius 3 is 2.75 bits per heavy atom. The molecule has 0 aliphatic carbocycles. The van der Waals surface area contributed by atoms with E-state index in [0.717, 1.165) is 19.6 Å². The van der Waals surface area contributed by atoms with Crippen LogP contribution in [0, 0.1) is 5.92 Å². The molecule has 0 amide bonds. The van der Waals surface area contributed by atoms with Gasteiger partial charge in [0.05, 0.1) is 5.54 Å². The quantitative estimate of drug-likeness (QED) is 0.826. The number of hydrogen-bond donors (Lipinski definition) is 1. The molecule has 2 rings (SSSR count). The summed E-state index contributed by atoms with van der Waals surface area (Å²) in [6, 6.07) is 11.4. The lowest BCUT2D eigenvalue weighted by molar-refractivity contribution is 0.0658. The monoisotopic (exact) mass is 272 g/mol. The third-order valence-corrected chi connectivity index (χ3v) is 4.77. The Balaban J connectivity index is 2.19. The third kappa shape index (κ3) is 3.13. The Morgan fingerprint density at radius 1 is 1.45 bits per heavy atom. The first-order valence-corrected chi connectivity index (χ1v) is 7.76. The number of rotatable bonds is 5. The fourth-order valence-corrected chi connectivity index (χ4v) is 3.24. The van der Waals surface area contributed by atoms with Crippen molar-refractivity contribution in [1.29, 1.82) is 0 Å². The highest BCUT2D eigenvalue weighted by Crippen LogP contribution is 2.29. The van der Waals surface area contributed by atoms with Crippen LogP contribution in [0.1, 0.15) is 32.8 Å². The van der Waals surface area contributed by atoms with E-state index in [1.165, 1.54) is 12.0 Å². The average molecular weight is 272 g/mol. The summed E-state index contributed by atoms with van der Waals surface area (Å²) in [6.45, 7) is 13.9. The predicted octanol–water partition coefficient (Wildman–Crippen LogP) is 3.41. The average Bonchev–Trinajstić information content (AvgIpc) is 2.48.